The number of Topliss-reactive ketones (excluding diaryl/α,β-unsaturated/α-hetero) is 1. The van der Waals surface area contributed by atoms with Gasteiger partial charge in [-0.15, -0.1) is 0 Å². The molecule has 5 atom stereocenters. The van der Waals surface area contributed by atoms with Crippen LogP contribution in [0.3, 0.4) is 0 Å². The maximum atomic E-state index is 15.0. The van der Waals surface area contributed by atoms with Crippen LogP contribution in [0.4, 0.5) is 14.9 Å². The number of amides is 1. The Hall–Kier alpha value is -3.59. The van der Waals surface area contributed by atoms with Gasteiger partial charge in [0.1, 0.15) is 5.82 Å². The molecule has 2 bridgehead atoms. The SMILES string of the molecule is COC(=O)N1C[C@H]2C[C@@H]1CN2c1cnc2c(C(=O)Cc3cnccc3[C@@H]3C[C@H](C)C[C@H](N)C3)ccc(F)c2c1. The molecular weight excluding hydrogens is 497 g/mol. The first kappa shape index (κ1) is 25.7. The maximum Gasteiger partial charge on any atom is 0.409 e. The molecule has 1 amide bonds. The molecule has 8 nitrogen and oxygen atoms in total. The molecule has 2 aromatic heterocycles. The van der Waals surface area contributed by atoms with E-state index in [0.717, 1.165) is 42.5 Å². The fraction of sp³-hybridized carbons (Fsp3) is 0.467. The molecule has 9 heteroatoms. The number of methoxy groups -OCH3 is 1. The molecule has 1 aliphatic carbocycles. The Morgan fingerprint density at radius 3 is 2.69 bits per heavy atom. The number of anilines is 1. The van der Waals surface area contributed by atoms with E-state index in [1.807, 2.05) is 6.07 Å². The summed E-state index contributed by atoms with van der Waals surface area (Å²) >= 11 is 0. The molecule has 4 heterocycles. The molecule has 3 fully saturated rings. The van der Waals surface area contributed by atoms with Crippen LogP contribution in [-0.4, -0.2) is 65.1 Å². The van der Waals surface area contributed by atoms with Crippen molar-refractivity contribution in [1.29, 1.82) is 0 Å². The van der Waals surface area contributed by atoms with Crippen LogP contribution in [0.2, 0.25) is 0 Å². The Labute approximate surface area is 227 Å². The molecule has 0 radical (unpaired) electrons. The van der Waals surface area contributed by atoms with Crippen molar-refractivity contribution in [3.63, 3.8) is 0 Å². The number of ether oxygens (including phenoxy) is 1. The smallest absolute Gasteiger partial charge is 0.409 e. The normalized spacial score (nSPS) is 26.3. The number of pyridine rings is 2. The predicted molar refractivity (Wildman–Crippen MR) is 146 cm³/mol. The maximum absolute atomic E-state index is 15.0. The Kier molecular flexibility index (Phi) is 6.71. The first-order valence-electron chi connectivity index (χ1n) is 13.7. The lowest BCUT2D eigenvalue weighted by molar-refractivity contribution is 0.0993. The lowest BCUT2D eigenvalue weighted by atomic mass is 9.75. The number of carbonyl (C=O) groups is 2. The van der Waals surface area contributed by atoms with E-state index in [-0.39, 0.29) is 36.4 Å². The highest BCUT2D eigenvalue weighted by Gasteiger charge is 2.46. The number of likely N-dealkylation sites (tertiary alicyclic amines) is 1. The van der Waals surface area contributed by atoms with Crippen LogP contribution in [0.25, 0.3) is 10.9 Å². The molecule has 1 saturated carbocycles. The van der Waals surface area contributed by atoms with E-state index in [9.17, 15) is 9.59 Å². The third kappa shape index (κ3) is 4.73. The number of fused-ring (bicyclic) bond motifs is 3. The van der Waals surface area contributed by atoms with Crippen LogP contribution in [0.15, 0.2) is 42.9 Å². The largest absolute Gasteiger partial charge is 0.453 e. The van der Waals surface area contributed by atoms with E-state index in [2.05, 4.69) is 21.8 Å². The molecule has 3 aliphatic rings. The molecular formula is C30H34FN5O3. The van der Waals surface area contributed by atoms with Gasteiger partial charge in [-0.3, -0.25) is 14.8 Å². The summed E-state index contributed by atoms with van der Waals surface area (Å²) in [5.41, 5.74) is 9.91. The summed E-state index contributed by atoms with van der Waals surface area (Å²) in [5, 5.41) is 0.324. The lowest BCUT2D eigenvalue weighted by Gasteiger charge is -2.34. The first-order valence-corrected chi connectivity index (χ1v) is 13.7. The summed E-state index contributed by atoms with van der Waals surface area (Å²) in [6.45, 7) is 3.43. The van der Waals surface area contributed by atoms with Gasteiger partial charge >= 0.3 is 6.09 Å². The van der Waals surface area contributed by atoms with Gasteiger partial charge in [0.05, 0.1) is 30.6 Å². The van der Waals surface area contributed by atoms with Crippen molar-refractivity contribution in [2.45, 2.75) is 63.1 Å². The zero-order valence-corrected chi connectivity index (χ0v) is 22.3. The van der Waals surface area contributed by atoms with Gasteiger partial charge in [-0.05, 0) is 72.9 Å². The molecule has 2 aliphatic heterocycles. The summed E-state index contributed by atoms with van der Waals surface area (Å²) < 4.78 is 19.9. The Balaban J connectivity index is 1.25. The number of hydrogen-bond acceptors (Lipinski definition) is 7. The van der Waals surface area contributed by atoms with Gasteiger partial charge in [0.15, 0.2) is 5.78 Å². The minimum Gasteiger partial charge on any atom is -0.453 e. The van der Waals surface area contributed by atoms with Crippen molar-refractivity contribution in [3.8, 4) is 0 Å². The third-order valence-corrected chi connectivity index (χ3v) is 8.78. The van der Waals surface area contributed by atoms with Crippen LogP contribution >= 0.6 is 0 Å². The zero-order chi connectivity index (χ0) is 27.3. The average Bonchev–Trinajstić information content (AvgIpc) is 3.54. The fourth-order valence-electron chi connectivity index (χ4n) is 7.04. The number of benzene rings is 1. The minimum absolute atomic E-state index is 0.0614. The van der Waals surface area contributed by atoms with Crippen molar-refractivity contribution in [2.75, 3.05) is 25.1 Å². The zero-order valence-electron chi connectivity index (χ0n) is 22.3. The second-order valence-corrected chi connectivity index (χ2v) is 11.4. The standard InChI is InChI=1S/C30H34FN5O3/c1-17-7-18(9-20(32)8-17)24-5-6-33-13-19(24)10-28(37)25-3-4-27(31)26-12-21(14-34-29(25)26)35-15-23-11-22(35)16-36(23)30(38)39-2/h3-6,12-14,17-18,20,22-23H,7-11,15-16,32H2,1-2H3/t17-,18+,20-,22+,23+/m0/s1. The van der Waals surface area contributed by atoms with E-state index < -0.39 is 5.82 Å². The van der Waals surface area contributed by atoms with E-state index in [1.54, 1.807) is 29.6 Å². The third-order valence-electron chi connectivity index (χ3n) is 8.78. The Morgan fingerprint density at radius 1 is 1.10 bits per heavy atom. The molecule has 3 aromatic rings. The second kappa shape index (κ2) is 10.2. The predicted octanol–water partition coefficient (Wildman–Crippen LogP) is 4.45. The summed E-state index contributed by atoms with van der Waals surface area (Å²) in [4.78, 5) is 38.4. The van der Waals surface area contributed by atoms with Crippen LogP contribution in [0, 0.1) is 11.7 Å². The van der Waals surface area contributed by atoms with E-state index >= 15 is 4.39 Å². The highest BCUT2D eigenvalue weighted by Crippen LogP contribution is 2.38. The Morgan fingerprint density at radius 2 is 1.95 bits per heavy atom. The molecule has 2 saturated heterocycles. The lowest BCUT2D eigenvalue weighted by Crippen LogP contribution is -2.48. The van der Waals surface area contributed by atoms with Crippen LogP contribution in [0.1, 0.15) is 60.0 Å². The van der Waals surface area contributed by atoms with Crippen molar-refractivity contribution < 1.29 is 18.7 Å². The molecule has 6 rings (SSSR count). The van der Waals surface area contributed by atoms with Crippen LogP contribution in [0.5, 0.6) is 0 Å². The number of carbonyl (C=O) groups excluding carboxylic acids is 2. The fourth-order valence-corrected chi connectivity index (χ4v) is 7.04. The number of rotatable bonds is 5. The number of halogens is 1. The highest BCUT2D eigenvalue weighted by atomic mass is 19.1. The van der Waals surface area contributed by atoms with E-state index in [4.69, 9.17) is 10.5 Å². The number of nitrogens with zero attached hydrogens (tertiary/aromatic N) is 4. The highest BCUT2D eigenvalue weighted by molar-refractivity contribution is 6.08. The molecule has 39 heavy (non-hydrogen) atoms. The van der Waals surface area contributed by atoms with Crippen LogP contribution < -0.4 is 10.6 Å². The quantitative estimate of drug-likeness (QED) is 0.485. The van der Waals surface area contributed by atoms with Gasteiger partial charge in [-0.2, -0.15) is 0 Å². The number of nitrogens with two attached hydrogens (primary N) is 1. The monoisotopic (exact) mass is 531 g/mol. The van der Waals surface area contributed by atoms with Gasteiger partial charge in [0.2, 0.25) is 0 Å². The minimum atomic E-state index is -0.413. The van der Waals surface area contributed by atoms with Crippen LogP contribution in [-0.2, 0) is 11.2 Å². The molecule has 0 spiro atoms. The van der Waals surface area contributed by atoms with Crippen molar-refractivity contribution in [3.05, 3.63) is 65.4 Å². The number of piperazine rings is 1. The molecule has 1 aromatic carbocycles. The van der Waals surface area contributed by atoms with Crippen molar-refractivity contribution >= 4 is 28.5 Å². The second-order valence-electron chi connectivity index (χ2n) is 11.4. The summed E-state index contributed by atoms with van der Waals surface area (Å²) in [6, 6.07) is 7.01. The topological polar surface area (TPSA) is 102 Å². The number of aromatic nitrogens is 2. The summed E-state index contributed by atoms with van der Waals surface area (Å²) in [5.74, 6) is 0.302. The van der Waals surface area contributed by atoms with Crippen molar-refractivity contribution in [2.24, 2.45) is 11.7 Å². The van der Waals surface area contributed by atoms with Crippen molar-refractivity contribution in [1.82, 2.24) is 14.9 Å². The summed E-state index contributed by atoms with van der Waals surface area (Å²) in [7, 11) is 1.39. The Bertz CT molecular complexity index is 1420. The van der Waals surface area contributed by atoms with E-state index in [0.29, 0.717) is 41.4 Å². The first-order chi connectivity index (χ1) is 18.8. The van der Waals surface area contributed by atoms with Gasteiger partial charge in [0, 0.05) is 54.9 Å². The molecule has 2 N–H and O–H groups in total. The molecule has 0 unspecified atom stereocenters. The van der Waals surface area contributed by atoms with Gasteiger partial charge in [-0.25, -0.2) is 9.18 Å². The van der Waals surface area contributed by atoms with Gasteiger partial charge < -0.3 is 20.3 Å². The summed E-state index contributed by atoms with van der Waals surface area (Å²) in [6.07, 6.45) is 8.92. The molecule has 204 valence electrons. The van der Waals surface area contributed by atoms with Gasteiger partial charge in [-0.1, -0.05) is 6.92 Å². The average molecular weight is 532 g/mol. The number of ketones is 1. The van der Waals surface area contributed by atoms with E-state index in [1.165, 1.54) is 19.2 Å². The van der Waals surface area contributed by atoms with Gasteiger partial charge in [0.25, 0.3) is 0 Å². The number of hydrogen-bond donors (Lipinski definition) is 1.